The summed E-state index contributed by atoms with van der Waals surface area (Å²) in [5.41, 5.74) is 3.65. The molecule has 0 aliphatic carbocycles. The predicted octanol–water partition coefficient (Wildman–Crippen LogP) is 4.39. The van der Waals surface area contributed by atoms with Gasteiger partial charge < -0.3 is 24.8 Å². The molecular weight excluding hydrogens is 471 g/mol. The van der Waals surface area contributed by atoms with E-state index in [0.717, 1.165) is 17.7 Å². The van der Waals surface area contributed by atoms with Gasteiger partial charge in [-0.2, -0.15) is 0 Å². The lowest BCUT2D eigenvalue weighted by atomic mass is 10.1. The number of hydrogen-bond donors (Lipinski definition) is 1. The second kappa shape index (κ2) is 11.0. The van der Waals surface area contributed by atoms with Crippen molar-refractivity contribution in [3.63, 3.8) is 0 Å². The topological polar surface area (TPSA) is 65.1 Å². The summed E-state index contributed by atoms with van der Waals surface area (Å²) in [6.45, 7) is 3.39. The highest BCUT2D eigenvalue weighted by Crippen LogP contribution is 2.34. The molecule has 2 amide bonds. The molecule has 2 aliphatic rings. The number of benzene rings is 3. The van der Waals surface area contributed by atoms with Crippen molar-refractivity contribution < 1.29 is 18.7 Å². The average Bonchev–Trinajstić information content (AvgIpc) is 3.20. The molecule has 192 valence electrons. The number of hydrogen-bond acceptors (Lipinski definition) is 5. The highest BCUT2D eigenvalue weighted by molar-refractivity contribution is 5.99. The molecule has 1 fully saturated rings. The molecule has 0 spiro atoms. The van der Waals surface area contributed by atoms with E-state index in [-0.39, 0.29) is 23.8 Å². The lowest BCUT2D eigenvalue weighted by Gasteiger charge is -2.36. The van der Waals surface area contributed by atoms with Crippen molar-refractivity contribution in [1.29, 1.82) is 0 Å². The van der Waals surface area contributed by atoms with Gasteiger partial charge in [0.1, 0.15) is 12.0 Å². The van der Waals surface area contributed by atoms with Crippen LogP contribution >= 0.6 is 0 Å². The van der Waals surface area contributed by atoms with Crippen LogP contribution < -0.4 is 10.2 Å². The standard InChI is InChI=1S/C29H31FN4O3/c1-37-20-6-15-34-27(23-7-2-3-8-24(23)29(34)36)31-22-13-11-21(12-14-22)28(35)33-18-16-32(17-19-33)26-10-5-4-9-25(26)30/h2-5,7-14,27,31H,6,15-20H2,1H3. The van der Waals surface area contributed by atoms with E-state index in [4.69, 9.17) is 4.74 Å². The molecule has 7 nitrogen and oxygen atoms in total. The van der Waals surface area contributed by atoms with Crippen molar-refractivity contribution in [2.45, 2.75) is 12.6 Å². The van der Waals surface area contributed by atoms with Crippen LogP contribution in [-0.4, -0.2) is 68.1 Å². The van der Waals surface area contributed by atoms with Crippen molar-refractivity contribution in [3.05, 3.63) is 95.3 Å². The molecule has 1 unspecified atom stereocenters. The number of ether oxygens (including phenoxy) is 1. The smallest absolute Gasteiger partial charge is 0.256 e. The van der Waals surface area contributed by atoms with Crippen LogP contribution in [0.5, 0.6) is 0 Å². The van der Waals surface area contributed by atoms with E-state index in [0.29, 0.717) is 56.1 Å². The third kappa shape index (κ3) is 5.15. The summed E-state index contributed by atoms with van der Waals surface area (Å²) in [4.78, 5) is 31.7. The summed E-state index contributed by atoms with van der Waals surface area (Å²) < 4.78 is 19.3. The number of piperazine rings is 1. The first-order valence-corrected chi connectivity index (χ1v) is 12.6. The van der Waals surface area contributed by atoms with Crippen molar-refractivity contribution in [1.82, 2.24) is 9.80 Å². The summed E-state index contributed by atoms with van der Waals surface area (Å²) in [6.07, 6.45) is 0.458. The van der Waals surface area contributed by atoms with Crippen LogP contribution in [0.3, 0.4) is 0 Å². The molecule has 1 saturated heterocycles. The second-order valence-electron chi connectivity index (χ2n) is 9.29. The monoisotopic (exact) mass is 502 g/mol. The number of rotatable bonds is 8. The van der Waals surface area contributed by atoms with Crippen molar-refractivity contribution >= 4 is 23.2 Å². The summed E-state index contributed by atoms with van der Waals surface area (Å²) in [5, 5.41) is 3.48. The number of fused-ring (bicyclic) bond motifs is 1. The van der Waals surface area contributed by atoms with Crippen molar-refractivity contribution in [3.8, 4) is 0 Å². The zero-order valence-electron chi connectivity index (χ0n) is 20.9. The van der Waals surface area contributed by atoms with Gasteiger partial charge in [0.15, 0.2) is 0 Å². The number of anilines is 2. The number of para-hydroxylation sites is 1. The maximum atomic E-state index is 14.1. The maximum Gasteiger partial charge on any atom is 0.256 e. The Hall–Kier alpha value is -3.91. The van der Waals surface area contributed by atoms with Gasteiger partial charge in [-0.25, -0.2) is 4.39 Å². The quantitative estimate of drug-likeness (QED) is 0.463. The van der Waals surface area contributed by atoms with Gasteiger partial charge in [0.25, 0.3) is 11.8 Å². The number of methoxy groups -OCH3 is 1. The van der Waals surface area contributed by atoms with E-state index in [1.165, 1.54) is 6.07 Å². The summed E-state index contributed by atoms with van der Waals surface area (Å²) in [7, 11) is 1.65. The summed E-state index contributed by atoms with van der Waals surface area (Å²) in [5.74, 6) is -0.276. The Balaban J connectivity index is 1.24. The molecule has 5 rings (SSSR count). The molecular formula is C29H31FN4O3. The van der Waals surface area contributed by atoms with Gasteiger partial charge in [-0.3, -0.25) is 9.59 Å². The number of carbonyl (C=O) groups excluding carboxylic acids is 2. The van der Waals surface area contributed by atoms with Crippen LogP contribution in [0.15, 0.2) is 72.8 Å². The first-order valence-electron chi connectivity index (χ1n) is 12.6. The van der Waals surface area contributed by atoms with Gasteiger partial charge in [0.05, 0.1) is 5.69 Å². The van der Waals surface area contributed by atoms with Crippen LogP contribution in [-0.2, 0) is 4.74 Å². The molecule has 0 aromatic heterocycles. The minimum Gasteiger partial charge on any atom is -0.385 e. The fraction of sp³-hybridized carbons (Fsp3) is 0.310. The minimum atomic E-state index is -0.284. The lowest BCUT2D eigenvalue weighted by Crippen LogP contribution is -2.49. The largest absolute Gasteiger partial charge is 0.385 e. The molecule has 37 heavy (non-hydrogen) atoms. The Bertz CT molecular complexity index is 1260. The van der Waals surface area contributed by atoms with Gasteiger partial charge in [0.2, 0.25) is 0 Å². The number of nitrogens with zero attached hydrogens (tertiary/aromatic N) is 3. The molecule has 0 radical (unpaired) electrons. The van der Waals surface area contributed by atoms with Gasteiger partial charge in [-0.1, -0.05) is 30.3 Å². The van der Waals surface area contributed by atoms with Crippen LogP contribution in [0.4, 0.5) is 15.8 Å². The predicted molar refractivity (Wildman–Crippen MR) is 141 cm³/mol. The zero-order chi connectivity index (χ0) is 25.8. The molecule has 1 N–H and O–H groups in total. The van der Waals surface area contributed by atoms with Crippen LogP contribution in [0, 0.1) is 5.82 Å². The van der Waals surface area contributed by atoms with Crippen LogP contribution in [0.25, 0.3) is 0 Å². The molecule has 8 heteroatoms. The van der Waals surface area contributed by atoms with Gasteiger partial charge >= 0.3 is 0 Å². The Labute approximate surface area is 216 Å². The Morgan fingerprint density at radius 1 is 0.973 bits per heavy atom. The second-order valence-corrected chi connectivity index (χ2v) is 9.29. The number of carbonyl (C=O) groups is 2. The van der Waals surface area contributed by atoms with E-state index in [1.807, 2.05) is 69.3 Å². The van der Waals surface area contributed by atoms with Gasteiger partial charge in [0, 0.05) is 68.8 Å². The summed E-state index contributed by atoms with van der Waals surface area (Å²) >= 11 is 0. The Kier molecular flexibility index (Phi) is 7.37. The van der Waals surface area contributed by atoms with E-state index in [1.54, 1.807) is 19.2 Å². The van der Waals surface area contributed by atoms with E-state index >= 15 is 0 Å². The maximum absolute atomic E-state index is 14.1. The van der Waals surface area contributed by atoms with Gasteiger partial charge in [-0.15, -0.1) is 0 Å². The summed E-state index contributed by atoms with van der Waals surface area (Å²) in [6, 6.07) is 21.8. The zero-order valence-corrected chi connectivity index (χ0v) is 20.9. The molecule has 2 aliphatic heterocycles. The van der Waals surface area contributed by atoms with Crippen LogP contribution in [0.1, 0.15) is 38.9 Å². The highest BCUT2D eigenvalue weighted by atomic mass is 19.1. The molecule has 1 atom stereocenters. The Morgan fingerprint density at radius 3 is 2.41 bits per heavy atom. The molecule has 3 aromatic rings. The number of halogens is 1. The van der Waals surface area contributed by atoms with E-state index < -0.39 is 0 Å². The fourth-order valence-corrected chi connectivity index (χ4v) is 5.04. The van der Waals surface area contributed by atoms with Gasteiger partial charge in [-0.05, 0) is 48.9 Å². The Morgan fingerprint density at radius 2 is 1.68 bits per heavy atom. The normalized spacial score (nSPS) is 17.2. The van der Waals surface area contributed by atoms with E-state index in [2.05, 4.69) is 5.32 Å². The third-order valence-corrected chi connectivity index (χ3v) is 7.00. The molecule has 0 bridgehead atoms. The number of nitrogens with one attached hydrogen (secondary N) is 1. The van der Waals surface area contributed by atoms with Crippen molar-refractivity contribution in [2.75, 3.05) is 56.7 Å². The lowest BCUT2D eigenvalue weighted by molar-refractivity contribution is 0.0720. The minimum absolute atomic E-state index is 0.00512. The fourth-order valence-electron chi connectivity index (χ4n) is 5.04. The first-order chi connectivity index (χ1) is 18.1. The average molecular weight is 503 g/mol. The highest BCUT2D eigenvalue weighted by Gasteiger charge is 2.36. The molecule has 0 saturated carbocycles. The molecule has 2 heterocycles. The van der Waals surface area contributed by atoms with Crippen molar-refractivity contribution in [2.24, 2.45) is 0 Å². The third-order valence-electron chi connectivity index (χ3n) is 7.00. The first kappa shape index (κ1) is 24.8. The molecule has 3 aromatic carbocycles. The SMILES string of the molecule is COCCCN1C(=O)c2ccccc2C1Nc1ccc(C(=O)N2CCN(c3ccccc3F)CC2)cc1. The van der Waals surface area contributed by atoms with Crippen LogP contribution in [0.2, 0.25) is 0 Å². The number of amides is 2. The van der Waals surface area contributed by atoms with E-state index in [9.17, 15) is 14.0 Å².